The number of piperidine rings is 1. The number of ether oxygens (including phenoxy) is 1. The first kappa shape index (κ1) is 23.1. The molecule has 1 saturated heterocycles. The van der Waals surface area contributed by atoms with Crippen LogP contribution in [0.4, 0.5) is 8.78 Å². The van der Waals surface area contributed by atoms with E-state index in [-0.39, 0.29) is 6.04 Å². The van der Waals surface area contributed by atoms with Crippen LogP contribution in [0.1, 0.15) is 47.7 Å². The molecule has 0 N–H and O–H groups in total. The minimum absolute atomic E-state index is 0.143. The minimum Gasteiger partial charge on any atom is -0.495 e. The number of halogens is 2. The van der Waals surface area contributed by atoms with E-state index < -0.39 is 11.6 Å². The van der Waals surface area contributed by atoms with Crippen molar-refractivity contribution in [1.29, 1.82) is 0 Å². The molecule has 5 rings (SSSR count). The average molecular weight is 479 g/mol. The summed E-state index contributed by atoms with van der Waals surface area (Å²) < 4.78 is 35.8. The Morgan fingerprint density at radius 1 is 1.17 bits per heavy atom. The van der Waals surface area contributed by atoms with Gasteiger partial charge in [-0.05, 0) is 73.2 Å². The molecule has 35 heavy (non-hydrogen) atoms. The van der Waals surface area contributed by atoms with Gasteiger partial charge in [-0.25, -0.2) is 13.8 Å². The molecule has 6 nitrogen and oxygen atoms in total. The fraction of sp³-hybridized carbons (Fsp3) is 0.333. The van der Waals surface area contributed by atoms with Crippen LogP contribution in [0, 0.1) is 25.5 Å². The number of aryl methyl sites for hydroxylation is 2. The van der Waals surface area contributed by atoms with Crippen molar-refractivity contribution in [2.75, 3.05) is 20.3 Å². The van der Waals surface area contributed by atoms with Crippen molar-refractivity contribution in [3.05, 3.63) is 82.4 Å². The van der Waals surface area contributed by atoms with E-state index in [1.165, 1.54) is 6.07 Å². The number of imidazole rings is 1. The third-order valence-electron chi connectivity index (χ3n) is 6.57. The number of rotatable bonds is 4. The average Bonchev–Trinajstić information content (AvgIpc) is 3.16. The predicted octanol–water partition coefficient (Wildman–Crippen LogP) is 5.73. The smallest absolute Gasteiger partial charge is 0.171 e. The molecule has 8 heteroatoms. The molecule has 3 aromatic rings. The summed E-state index contributed by atoms with van der Waals surface area (Å²) in [5, 5.41) is 4.43. The highest BCUT2D eigenvalue weighted by Crippen LogP contribution is 2.35. The van der Waals surface area contributed by atoms with Crippen molar-refractivity contribution in [1.82, 2.24) is 14.5 Å². The zero-order valence-electron chi connectivity index (χ0n) is 20.1. The summed E-state index contributed by atoms with van der Waals surface area (Å²) in [5.41, 5.74) is 4.89. The van der Waals surface area contributed by atoms with Gasteiger partial charge in [0.15, 0.2) is 17.5 Å². The maximum atomic E-state index is 14.2. The summed E-state index contributed by atoms with van der Waals surface area (Å²) in [7, 11) is 1.65. The van der Waals surface area contributed by atoms with E-state index in [0.29, 0.717) is 18.6 Å². The molecule has 0 unspecified atom stereocenters. The molecule has 182 valence electrons. The molecular formula is C27H28F2N4O2. The fourth-order valence-electron chi connectivity index (χ4n) is 4.86. The predicted molar refractivity (Wildman–Crippen MR) is 131 cm³/mol. The van der Waals surface area contributed by atoms with Gasteiger partial charge in [0.05, 0.1) is 30.9 Å². The van der Waals surface area contributed by atoms with Gasteiger partial charge in [0.2, 0.25) is 0 Å². The summed E-state index contributed by atoms with van der Waals surface area (Å²) in [6.07, 6.45) is 8.21. The van der Waals surface area contributed by atoms with Crippen LogP contribution in [-0.4, -0.2) is 40.5 Å². The maximum absolute atomic E-state index is 14.2. The number of nitrogens with zero attached hydrogens (tertiary/aromatic N) is 4. The Labute approximate surface area is 203 Å². The zero-order valence-corrected chi connectivity index (χ0v) is 20.1. The second-order valence-electron chi connectivity index (χ2n) is 9.01. The van der Waals surface area contributed by atoms with E-state index in [1.54, 1.807) is 26.4 Å². The van der Waals surface area contributed by atoms with Gasteiger partial charge in [-0.2, -0.15) is 0 Å². The molecule has 2 aliphatic rings. The summed E-state index contributed by atoms with van der Waals surface area (Å²) in [6.45, 7) is 4.71. The highest BCUT2D eigenvalue weighted by atomic mass is 19.2. The third-order valence-corrected chi connectivity index (χ3v) is 6.57. The number of fused-ring (bicyclic) bond motifs is 1. The molecule has 1 atom stereocenters. The van der Waals surface area contributed by atoms with Gasteiger partial charge in [-0.1, -0.05) is 17.3 Å². The van der Waals surface area contributed by atoms with Crippen LogP contribution >= 0.6 is 0 Å². The molecule has 2 aromatic carbocycles. The van der Waals surface area contributed by atoms with Crippen LogP contribution in [0.25, 0.3) is 11.8 Å². The number of oxime groups is 1. The van der Waals surface area contributed by atoms with Crippen molar-refractivity contribution < 1.29 is 18.4 Å². The SMILES string of the molecule is COc1cc(/C=C2\CCCN3C2=NOCC[C@@H]3c2cc(C)c(F)c(F)c2)ccc1-n1cnc(C)c1. The van der Waals surface area contributed by atoms with Crippen LogP contribution in [0.3, 0.4) is 0 Å². The number of methoxy groups -OCH3 is 1. The summed E-state index contributed by atoms with van der Waals surface area (Å²) >= 11 is 0. The van der Waals surface area contributed by atoms with Gasteiger partial charge in [-0.3, -0.25) is 0 Å². The molecule has 3 heterocycles. The second-order valence-corrected chi connectivity index (χ2v) is 9.01. The van der Waals surface area contributed by atoms with Gasteiger partial charge in [0.25, 0.3) is 0 Å². The lowest BCUT2D eigenvalue weighted by atomic mass is 9.94. The Bertz CT molecular complexity index is 1290. The lowest BCUT2D eigenvalue weighted by Crippen LogP contribution is -2.39. The molecule has 0 aliphatic carbocycles. The first-order chi connectivity index (χ1) is 16.9. The number of amidine groups is 1. The van der Waals surface area contributed by atoms with Crippen LogP contribution < -0.4 is 4.74 Å². The van der Waals surface area contributed by atoms with E-state index in [4.69, 9.17) is 9.57 Å². The quantitative estimate of drug-likeness (QED) is 0.481. The molecule has 1 aromatic heterocycles. The highest BCUT2D eigenvalue weighted by Gasteiger charge is 2.32. The standard InChI is InChI=1S/C27H28F2N4O2/c1-17-11-21(14-22(28)26(17)29)23-8-10-35-31-27-20(5-4-9-33(23)27)12-19-6-7-24(25(13-19)34-3)32-15-18(2)30-16-32/h6-7,11-16,23H,4-5,8-10H2,1-3H3/b20-12+/t23-/m1/s1. The molecule has 0 radical (unpaired) electrons. The Morgan fingerprint density at radius 2 is 2.03 bits per heavy atom. The molecule has 0 spiro atoms. The molecule has 1 fully saturated rings. The van der Waals surface area contributed by atoms with Gasteiger partial charge < -0.3 is 19.0 Å². The highest BCUT2D eigenvalue weighted by molar-refractivity contribution is 6.02. The molecule has 0 amide bonds. The van der Waals surface area contributed by atoms with E-state index in [1.807, 2.05) is 35.9 Å². The van der Waals surface area contributed by atoms with E-state index in [9.17, 15) is 8.78 Å². The maximum Gasteiger partial charge on any atom is 0.171 e. The number of hydrogen-bond acceptors (Lipinski definition) is 5. The Hall–Kier alpha value is -3.68. The van der Waals surface area contributed by atoms with Crippen LogP contribution in [0.2, 0.25) is 0 Å². The first-order valence-corrected chi connectivity index (χ1v) is 11.8. The van der Waals surface area contributed by atoms with Crippen molar-refractivity contribution >= 4 is 11.9 Å². The normalized spacial score (nSPS) is 19.1. The molecular weight excluding hydrogens is 450 g/mol. The first-order valence-electron chi connectivity index (χ1n) is 11.8. The fourth-order valence-corrected chi connectivity index (χ4v) is 4.86. The molecule has 2 aliphatic heterocycles. The van der Waals surface area contributed by atoms with Crippen LogP contribution in [0.5, 0.6) is 5.75 Å². The monoisotopic (exact) mass is 478 g/mol. The van der Waals surface area contributed by atoms with Crippen molar-refractivity contribution in [2.45, 2.75) is 39.2 Å². The Morgan fingerprint density at radius 3 is 2.77 bits per heavy atom. The minimum atomic E-state index is -0.823. The third kappa shape index (κ3) is 4.52. The summed E-state index contributed by atoms with van der Waals surface area (Å²) in [4.78, 5) is 12.1. The molecule has 0 bridgehead atoms. The van der Waals surface area contributed by atoms with Crippen molar-refractivity contribution in [3.8, 4) is 11.4 Å². The van der Waals surface area contributed by atoms with Gasteiger partial charge in [-0.15, -0.1) is 0 Å². The lowest BCUT2D eigenvalue weighted by Gasteiger charge is -2.36. The van der Waals surface area contributed by atoms with E-state index in [0.717, 1.165) is 59.1 Å². The number of hydrogen-bond donors (Lipinski definition) is 0. The Kier molecular flexibility index (Phi) is 6.28. The lowest BCUT2D eigenvalue weighted by molar-refractivity contribution is 0.140. The Balaban J connectivity index is 1.48. The summed E-state index contributed by atoms with van der Waals surface area (Å²) in [5.74, 6) is -0.139. The van der Waals surface area contributed by atoms with Gasteiger partial charge in [0, 0.05) is 19.2 Å². The van der Waals surface area contributed by atoms with Crippen molar-refractivity contribution in [3.63, 3.8) is 0 Å². The van der Waals surface area contributed by atoms with E-state index >= 15 is 0 Å². The zero-order chi connectivity index (χ0) is 24.5. The van der Waals surface area contributed by atoms with E-state index in [2.05, 4.69) is 21.1 Å². The second kappa shape index (κ2) is 9.52. The number of aromatic nitrogens is 2. The van der Waals surface area contributed by atoms with Gasteiger partial charge >= 0.3 is 0 Å². The van der Waals surface area contributed by atoms with Crippen LogP contribution in [0.15, 0.2) is 53.6 Å². The topological polar surface area (TPSA) is 51.9 Å². The number of benzene rings is 2. The van der Waals surface area contributed by atoms with Crippen molar-refractivity contribution in [2.24, 2.45) is 5.16 Å². The van der Waals surface area contributed by atoms with Crippen LogP contribution in [-0.2, 0) is 4.84 Å². The molecule has 0 saturated carbocycles. The van der Waals surface area contributed by atoms with Gasteiger partial charge in [0.1, 0.15) is 12.4 Å². The largest absolute Gasteiger partial charge is 0.495 e. The summed E-state index contributed by atoms with van der Waals surface area (Å²) in [6, 6.07) is 8.92.